The molecule has 0 saturated carbocycles. The lowest BCUT2D eigenvalue weighted by Gasteiger charge is -2.11. The first kappa shape index (κ1) is 11.2. The summed E-state index contributed by atoms with van der Waals surface area (Å²) in [5, 5.41) is 28.2. The Kier molecular flexibility index (Phi) is 3.82. The number of aliphatic carboxylic acids is 1. The molecule has 0 heterocycles. The van der Waals surface area contributed by atoms with E-state index in [9.17, 15) is 9.90 Å². The van der Waals surface area contributed by atoms with Crippen LogP contribution in [0.4, 0.5) is 0 Å². The summed E-state index contributed by atoms with van der Waals surface area (Å²) >= 11 is 0. The van der Waals surface area contributed by atoms with Gasteiger partial charge in [0.1, 0.15) is 0 Å². The number of aliphatic hydroxyl groups excluding tert-OH is 1. The van der Waals surface area contributed by atoms with E-state index in [0.717, 1.165) is 5.56 Å². The van der Waals surface area contributed by atoms with Gasteiger partial charge in [0.05, 0.1) is 0 Å². The standard InChI is InChI=1S/C10H11NO4/c12-8(11-9(13)10(14)15)6-7-4-2-1-3-5-7/h1-5,9,13H,6H2,(H,11,12)(H,14,15)/p-1. The summed E-state index contributed by atoms with van der Waals surface area (Å²) in [5.74, 6) is -2.19. The highest BCUT2D eigenvalue weighted by molar-refractivity contribution is 5.79. The normalized spacial score (nSPS) is 13.5. The molecule has 0 spiro atoms. The Morgan fingerprint density at radius 2 is 2.00 bits per heavy atom. The maximum Gasteiger partial charge on any atom is 0.355 e. The van der Waals surface area contributed by atoms with Gasteiger partial charge >= 0.3 is 5.97 Å². The number of nitrogens with zero attached hydrogens (tertiary/aromatic N) is 1. The van der Waals surface area contributed by atoms with Gasteiger partial charge in [-0.1, -0.05) is 30.3 Å². The Labute approximate surface area is 86.3 Å². The van der Waals surface area contributed by atoms with E-state index in [2.05, 4.69) is 4.99 Å². The fourth-order valence-corrected chi connectivity index (χ4v) is 1.01. The molecule has 0 aliphatic carbocycles. The zero-order chi connectivity index (χ0) is 11.3. The van der Waals surface area contributed by atoms with Gasteiger partial charge in [-0.15, -0.1) is 0 Å². The van der Waals surface area contributed by atoms with Crippen molar-refractivity contribution in [2.45, 2.75) is 12.6 Å². The third kappa shape index (κ3) is 3.78. The highest BCUT2D eigenvalue weighted by Crippen LogP contribution is 1.99. The number of aliphatic imine (C=N–C) groups is 1. The number of hydrogen-bond donors (Lipinski definition) is 2. The quantitative estimate of drug-likeness (QED) is 0.510. The summed E-state index contributed by atoms with van der Waals surface area (Å²) in [4.78, 5) is 13.3. The Morgan fingerprint density at radius 1 is 1.40 bits per heavy atom. The third-order valence-corrected chi connectivity index (χ3v) is 1.69. The van der Waals surface area contributed by atoms with Gasteiger partial charge in [0.25, 0.3) is 0 Å². The van der Waals surface area contributed by atoms with E-state index < -0.39 is 18.1 Å². The molecule has 1 rings (SSSR count). The number of carbonyl (C=O) groups is 1. The fraction of sp³-hybridized carbons (Fsp3) is 0.200. The van der Waals surface area contributed by atoms with Crippen LogP contribution in [0, 0.1) is 0 Å². The minimum atomic E-state index is -1.97. The third-order valence-electron chi connectivity index (χ3n) is 1.69. The molecule has 0 amide bonds. The van der Waals surface area contributed by atoms with E-state index in [4.69, 9.17) is 10.2 Å². The van der Waals surface area contributed by atoms with E-state index in [1.807, 2.05) is 0 Å². The molecule has 5 heteroatoms. The van der Waals surface area contributed by atoms with Gasteiger partial charge in [0, 0.05) is 6.42 Å². The highest BCUT2D eigenvalue weighted by atomic mass is 16.4. The van der Waals surface area contributed by atoms with Crippen LogP contribution in [-0.4, -0.2) is 28.3 Å². The first-order chi connectivity index (χ1) is 7.09. The van der Waals surface area contributed by atoms with Gasteiger partial charge in [-0.2, -0.15) is 0 Å². The molecular formula is C10H10NO4-. The van der Waals surface area contributed by atoms with Crippen molar-refractivity contribution in [3.8, 4) is 0 Å². The molecule has 0 aliphatic rings. The van der Waals surface area contributed by atoms with E-state index in [1.165, 1.54) is 0 Å². The van der Waals surface area contributed by atoms with Crippen molar-refractivity contribution in [3.63, 3.8) is 0 Å². The molecule has 1 atom stereocenters. The molecule has 0 bridgehead atoms. The zero-order valence-corrected chi connectivity index (χ0v) is 7.83. The number of benzene rings is 1. The topological polar surface area (TPSA) is 93.0 Å². The molecule has 0 fully saturated rings. The van der Waals surface area contributed by atoms with Gasteiger partial charge in [-0.25, -0.2) is 4.79 Å². The van der Waals surface area contributed by atoms with E-state index in [0.29, 0.717) is 0 Å². The molecule has 80 valence electrons. The maximum absolute atomic E-state index is 11.1. The molecule has 1 aromatic rings. The highest BCUT2D eigenvalue weighted by Gasteiger charge is 2.09. The molecule has 0 aliphatic heterocycles. The number of carboxylic acids is 1. The zero-order valence-electron chi connectivity index (χ0n) is 7.83. The van der Waals surface area contributed by atoms with Crippen molar-refractivity contribution in [1.82, 2.24) is 0 Å². The first-order valence-electron chi connectivity index (χ1n) is 4.28. The average molecular weight is 208 g/mol. The first-order valence-corrected chi connectivity index (χ1v) is 4.28. The summed E-state index contributed by atoms with van der Waals surface area (Å²) in [6.07, 6.45) is -1.98. The number of rotatable bonds is 4. The lowest BCUT2D eigenvalue weighted by Crippen LogP contribution is -2.26. The molecule has 0 radical (unpaired) electrons. The van der Waals surface area contributed by atoms with Crippen LogP contribution >= 0.6 is 0 Å². The molecule has 1 unspecified atom stereocenters. The monoisotopic (exact) mass is 208 g/mol. The van der Waals surface area contributed by atoms with Crippen LogP contribution in [0.25, 0.3) is 0 Å². The molecule has 1 aromatic carbocycles. The van der Waals surface area contributed by atoms with E-state index >= 15 is 0 Å². The lowest BCUT2D eigenvalue weighted by molar-refractivity contribution is -0.219. The van der Waals surface area contributed by atoms with Gasteiger partial charge in [0.15, 0.2) is 0 Å². The summed E-state index contributed by atoms with van der Waals surface area (Å²) in [6, 6.07) is 8.77. The Hall–Kier alpha value is -1.88. The van der Waals surface area contributed by atoms with Gasteiger partial charge in [-0.3, -0.25) is 4.99 Å². The molecule has 5 nitrogen and oxygen atoms in total. The van der Waals surface area contributed by atoms with Gasteiger partial charge in [0.2, 0.25) is 6.23 Å². The smallest absolute Gasteiger partial charge is 0.355 e. The predicted octanol–water partition coefficient (Wildman–Crippen LogP) is -0.609. The van der Waals surface area contributed by atoms with Gasteiger partial charge < -0.3 is 15.3 Å². The van der Waals surface area contributed by atoms with Crippen molar-refractivity contribution in [2.75, 3.05) is 0 Å². The van der Waals surface area contributed by atoms with Crippen molar-refractivity contribution in [1.29, 1.82) is 0 Å². The van der Waals surface area contributed by atoms with Crippen molar-refractivity contribution in [3.05, 3.63) is 35.9 Å². The Morgan fingerprint density at radius 3 is 2.53 bits per heavy atom. The maximum atomic E-state index is 11.1. The van der Waals surface area contributed by atoms with E-state index in [1.54, 1.807) is 30.3 Å². The Balaban J connectivity index is 2.63. The molecule has 0 aromatic heterocycles. The van der Waals surface area contributed by atoms with Crippen LogP contribution in [-0.2, 0) is 11.2 Å². The average Bonchev–Trinajstić information content (AvgIpc) is 2.18. The van der Waals surface area contributed by atoms with Crippen LogP contribution in [0.5, 0.6) is 0 Å². The predicted molar refractivity (Wildman–Crippen MR) is 51.2 cm³/mol. The summed E-state index contributed by atoms with van der Waals surface area (Å²) in [6.45, 7) is 0. The number of hydrogen-bond acceptors (Lipinski definition) is 4. The molecule has 15 heavy (non-hydrogen) atoms. The summed E-state index contributed by atoms with van der Waals surface area (Å²) in [5.41, 5.74) is 0.726. The van der Waals surface area contributed by atoms with Crippen molar-refractivity contribution in [2.24, 2.45) is 4.99 Å². The van der Waals surface area contributed by atoms with E-state index in [-0.39, 0.29) is 6.42 Å². The molecule has 2 N–H and O–H groups in total. The molecule has 0 saturated heterocycles. The SMILES string of the molecule is O=C(O)C(O)N=C([O-])Cc1ccccc1. The van der Waals surface area contributed by atoms with Crippen molar-refractivity contribution < 1.29 is 20.1 Å². The minimum Gasteiger partial charge on any atom is -0.862 e. The second-order valence-electron chi connectivity index (χ2n) is 2.90. The second-order valence-corrected chi connectivity index (χ2v) is 2.90. The fourth-order valence-electron chi connectivity index (χ4n) is 1.01. The number of aliphatic hydroxyl groups is 1. The largest absolute Gasteiger partial charge is 0.862 e. The molecular weight excluding hydrogens is 198 g/mol. The minimum absolute atomic E-state index is 0.00875. The Bertz CT molecular complexity index is 361. The van der Waals surface area contributed by atoms with Gasteiger partial charge in [-0.05, 0) is 11.5 Å². The van der Waals surface area contributed by atoms with Crippen LogP contribution in [0.3, 0.4) is 0 Å². The second kappa shape index (κ2) is 5.11. The summed E-state index contributed by atoms with van der Waals surface area (Å²) < 4.78 is 0. The van der Waals surface area contributed by atoms with Crippen LogP contribution in [0.15, 0.2) is 35.3 Å². The van der Waals surface area contributed by atoms with Crippen molar-refractivity contribution >= 4 is 11.9 Å². The van der Waals surface area contributed by atoms with Crippen LogP contribution in [0.1, 0.15) is 5.56 Å². The van der Waals surface area contributed by atoms with Crippen LogP contribution < -0.4 is 5.11 Å². The number of carboxylic acid groups (broad SMARTS) is 1. The summed E-state index contributed by atoms with van der Waals surface area (Å²) in [7, 11) is 0. The lowest BCUT2D eigenvalue weighted by atomic mass is 10.1. The van der Waals surface area contributed by atoms with Crippen LogP contribution in [0.2, 0.25) is 0 Å².